The summed E-state index contributed by atoms with van der Waals surface area (Å²) in [4.78, 5) is 2.45. The van der Waals surface area contributed by atoms with Crippen LogP contribution in [0, 0.1) is 5.92 Å². The largest absolute Gasteiger partial charge is 0.317 e. The molecule has 0 fully saturated rings. The Labute approximate surface area is 162 Å². The van der Waals surface area contributed by atoms with E-state index in [0.717, 1.165) is 12.8 Å². The normalized spacial score (nSPS) is 23.4. The Bertz CT molecular complexity index is 1030. The standard InChI is InChI=1S/C26H25N/c1-17-13-21-15-24-18(2)19(3)27(22-11-5-4-6-12-22)26(24)16-25(21)23(17)14-20-9-7-8-10-20/h4-9,11-13,15-16,24H,10,14H2,1-3H3. The van der Waals surface area contributed by atoms with E-state index in [1.165, 1.54) is 50.5 Å². The van der Waals surface area contributed by atoms with Gasteiger partial charge in [-0.25, -0.2) is 0 Å². The second-order valence-corrected chi connectivity index (χ2v) is 7.96. The molecule has 27 heavy (non-hydrogen) atoms. The number of anilines is 1. The third kappa shape index (κ3) is 2.53. The minimum atomic E-state index is 0.389. The number of fused-ring (bicyclic) bond motifs is 2. The minimum absolute atomic E-state index is 0.389. The summed E-state index contributed by atoms with van der Waals surface area (Å²) in [6.45, 7) is 6.80. The van der Waals surface area contributed by atoms with Gasteiger partial charge in [-0.3, -0.25) is 0 Å². The van der Waals surface area contributed by atoms with Crippen molar-refractivity contribution in [3.63, 3.8) is 0 Å². The van der Waals surface area contributed by atoms with Crippen molar-refractivity contribution in [3.05, 3.63) is 112 Å². The Balaban J connectivity index is 1.60. The van der Waals surface area contributed by atoms with Crippen LogP contribution < -0.4 is 4.90 Å². The van der Waals surface area contributed by atoms with E-state index in [2.05, 4.69) is 92.5 Å². The maximum Gasteiger partial charge on any atom is 0.0455 e. The van der Waals surface area contributed by atoms with Crippen LogP contribution in [0.2, 0.25) is 0 Å². The van der Waals surface area contributed by atoms with Crippen molar-refractivity contribution < 1.29 is 0 Å². The third-order valence-electron chi connectivity index (χ3n) is 6.34. The van der Waals surface area contributed by atoms with Gasteiger partial charge < -0.3 is 4.90 Å². The quantitative estimate of drug-likeness (QED) is 0.580. The summed E-state index contributed by atoms with van der Waals surface area (Å²) < 4.78 is 0. The number of para-hydroxylation sites is 1. The molecule has 0 aromatic heterocycles. The highest BCUT2D eigenvalue weighted by Gasteiger charge is 2.36. The highest BCUT2D eigenvalue weighted by Crippen LogP contribution is 2.48. The molecule has 1 heterocycles. The van der Waals surface area contributed by atoms with E-state index in [9.17, 15) is 0 Å². The predicted molar refractivity (Wildman–Crippen MR) is 114 cm³/mol. The van der Waals surface area contributed by atoms with Gasteiger partial charge >= 0.3 is 0 Å². The molecule has 4 aliphatic rings. The smallest absolute Gasteiger partial charge is 0.0455 e. The molecule has 1 aromatic rings. The molecule has 0 saturated carbocycles. The molecule has 1 atom stereocenters. The molecule has 1 unspecified atom stereocenters. The SMILES string of the molecule is CC1=CC2=CC3C(=CC2=C1CC1=CC=CC1)N(c1ccccc1)C(C)=C3C. The summed E-state index contributed by atoms with van der Waals surface area (Å²) in [5, 5.41) is 0. The average Bonchev–Trinajstić information content (AvgIpc) is 3.35. The minimum Gasteiger partial charge on any atom is -0.317 e. The van der Waals surface area contributed by atoms with Gasteiger partial charge in [-0.2, -0.15) is 0 Å². The summed E-state index contributed by atoms with van der Waals surface area (Å²) in [5.41, 5.74) is 12.7. The van der Waals surface area contributed by atoms with E-state index in [0.29, 0.717) is 5.92 Å². The van der Waals surface area contributed by atoms with Crippen molar-refractivity contribution >= 4 is 5.69 Å². The maximum absolute atomic E-state index is 2.48. The zero-order valence-corrected chi connectivity index (χ0v) is 16.3. The van der Waals surface area contributed by atoms with Crippen LogP contribution in [0.5, 0.6) is 0 Å². The van der Waals surface area contributed by atoms with Gasteiger partial charge in [0.25, 0.3) is 0 Å². The summed E-state index contributed by atoms with van der Waals surface area (Å²) in [5.74, 6) is 0.389. The molecule has 1 aromatic carbocycles. The van der Waals surface area contributed by atoms with E-state index >= 15 is 0 Å². The molecule has 0 radical (unpaired) electrons. The summed E-state index contributed by atoms with van der Waals surface area (Å²) in [6, 6.07) is 10.8. The Hall–Kier alpha value is -2.80. The maximum atomic E-state index is 2.48. The number of hydrogen-bond donors (Lipinski definition) is 0. The Morgan fingerprint density at radius 1 is 1.04 bits per heavy atom. The fourth-order valence-electron chi connectivity index (χ4n) is 4.75. The number of benzene rings is 1. The van der Waals surface area contributed by atoms with Gasteiger partial charge in [0.1, 0.15) is 0 Å². The van der Waals surface area contributed by atoms with E-state index in [1.807, 2.05) is 0 Å². The fourth-order valence-corrected chi connectivity index (χ4v) is 4.75. The van der Waals surface area contributed by atoms with Crippen molar-refractivity contribution in [3.8, 4) is 0 Å². The predicted octanol–water partition coefficient (Wildman–Crippen LogP) is 6.77. The number of hydrogen-bond acceptors (Lipinski definition) is 1. The van der Waals surface area contributed by atoms with Gasteiger partial charge in [0.15, 0.2) is 0 Å². The Kier molecular flexibility index (Phi) is 3.72. The molecular weight excluding hydrogens is 326 g/mol. The molecule has 1 heteroatoms. The molecule has 3 aliphatic carbocycles. The first-order valence-corrected chi connectivity index (χ1v) is 9.86. The van der Waals surface area contributed by atoms with Crippen LogP contribution in [0.1, 0.15) is 33.6 Å². The van der Waals surface area contributed by atoms with Crippen LogP contribution in [0.25, 0.3) is 0 Å². The van der Waals surface area contributed by atoms with Crippen LogP contribution in [0.3, 0.4) is 0 Å². The lowest BCUT2D eigenvalue weighted by Gasteiger charge is -2.27. The molecule has 0 bridgehead atoms. The summed E-state index contributed by atoms with van der Waals surface area (Å²) >= 11 is 0. The van der Waals surface area contributed by atoms with Gasteiger partial charge in [0.05, 0.1) is 0 Å². The van der Waals surface area contributed by atoms with E-state index < -0.39 is 0 Å². The number of rotatable bonds is 3. The number of nitrogens with zero attached hydrogens (tertiary/aromatic N) is 1. The zero-order valence-electron chi connectivity index (χ0n) is 16.3. The Morgan fingerprint density at radius 3 is 2.59 bits per heavy atom. The Morgan fingerprint density at radius 2 is 1.85 bits per heavy atom. The molecular formula is C26H25N. The monoisotopic (exact) mass is 351 g/mol. The van der Waals surface area contributed by atoms with Crippen molar-refractivity contribution in [1.29, 1.82) is 0 Å². The number of allylic oxidation sites excluding steroid dienone is 12. The zero-order chi connectivity index (χ0) is 18.5. The van der Waals surface area contributed by atoms with E-state index in [-0.39, 0.29) is 0 Å². The average molecular weight is 351 g/mol. The molecule has 134 valence electrons. The third-order valence-corrected chi connectivity index (χ3v) is 6.34. The van der Waals surface area contributed by atoms with Crippen LogP contribution in [0.4, 0.5) is 5.69 Å². The topological polar surface area (TPSA) is 3.24 Å². The van der Waals surface area contributed by atoms with Crippen LogP contribution >= 0.6 is 0 Å². The van der Waals surface area contributed by atoms with Crippen molar-refractivity contribution in [2.45, 2.75) is 33.6 Å². The van der Waals surface area contributed by atoms with Gasteiger partial charge in [-0.1, -0.05) is 54.2 Å². The lowest BCUT2D eigenvalue weighted by atomic mass is 9.87. The van der Waals surface area contributed by atoms with Crippen LogP contribution in [-0.4, -0.2) is 0 Å². The van der Waals surface area contributed by atoms with Gasteiger partial charge in [0, 0.05) is 23.0 Å². The summed E-state index contributed by atoms with van der Waals surface area (Å²) in [6.07, 6.45) is 16.2. The lowest BCUT2D eigenvalue weighted by Crippen LogP contribution is -2.19. The highest BCUT2D eigenvalue weighted by atomic mass is 15.2. The second-order valence-electron chi connectivity index (χ2n) is 7.96. The molecule has 5 rings (SSSR count). The molecule has 0 N–H and O–H groups in total. The molecule has 1 nitrogen and oxygen atoms in total. The first-order chi connectivity index (χ1) is 13.1. The van der Waals surface area contributed by atoms with Gasteiger partial charge in [-0.05, 0) is 79.7 Å². The molecule has 0 saturated heterocycles. The molecule has 0 spiro atoms. The van der Waals surface area contributed by atoms with E-state index in [4.69, 9.17) is 0 Å². The van der Waals surface area contributed by atoms with Crippen molar-refractivity contribution in [2.75, 3.05) is 4.90 Å². The van der Waals surface area contributed by atoms with Gasteiger partial charge in [-0.15, -0.1) is 0 Å². The lowest BCUT2D eigenvalue weighted by molar-refractivity contribution is 0.894. The van der Waals surface area contributed by atoms with Crippen LogP contribution in [0.15, 0.2) is 112 Å². The summed E-state index contributed by atoms with van der Waals surface area (Å²) in [7, 11) is 0. The van der Waals surface area contributed by atoms with E-state index in [1.54, 1.807) is 0 Å². The molecule has 0 amide bonds. The second kappa shape index (κ2) is 6.13. The highest BCUT2D eigenvalue weighted by molar-refractivity contribution is 5.73. The van der Waals surface area contributed by atoms with Gasteiger partial charge in [0.2, 0.25) is 0 Å². The first-order valence-electron chi connectivity index (χ1n) is 9.86. The first kappa shape index (κ1) is 16.4. The van der Waals surface area contributed by atoms with Crippen LogP contribution in [-0.2, 0) is 0 Å². The van der Waals surface area contributed by atoms with Crippen molar-refractivity contribution in [1.82, 2.24) is 0 Å². The fraction of sp³-hybridized carbons (Fsp3) is 0.231. The molecule has 1 aliphatic heterocycles. The van der Waals surface area contributed by atoms with Crippen molar-refractivity contribution in [2.24, 2.45) is 5.92 Å².